The number of carbonyl (C=O) groups excluding carboxylic acids is 2. The first-order chi connectivity index (χ1) is 8.13. The van der Waals surface area contributed by atoms with Crippen molar-refractivity contribution in [2.45, 2.75) is 6.92 Å². The van der Waals surface area contributed by atoms with Gasteiger partial charge >= 0.3 is 5.97 Å². The maximum absolute atomic E-state index is 11.6. The molecule has 5 heteroatoms. The van der Waals surface area contributed by atoms with Gasteiger partial charge in [0, 0.05) is 17.3 Å². The smallest absolute Gasteiger partial charge is 0.332 e. The van der Waals surface area contributed by atoms with Gasteiger partial charge in [0.1, 0.15) is 0 Å². The maximum Gasteiger partial charge on any atom is 0.332 e. The highest BCUT2D eigenvalue weighted by molar-refractivity contribution is 5.93. The molecule has 0 aliphatic heterocycles. The van der Waals surface area contributed by atoms with E-state index in [0.717, 1.165) is 0 Å². The second kappa shape index (κ2) is 6.32. The van der Waals surface area contributed by atoms with Crippen LogP contribution >= 0.6 is 0 Å². The predicted octanol–water partition coefficient (Wildman–Crippen LogP) is 0.998. The molecule has 0 bridgehead atoms. The van der Waals surface area contributed by atoms with Gasteiger partial charge in [-0.05, 0) is 19.1 Å². The van der Waals surface area contributed by atoms with Gasteiger partial charge in [0.15, 0.2) is 0 Å². The van der Waals surface area contributed by atoms with Crippen molar-refractivity contribution in [3.63, 3.8) is 0 Å². The molecule has 0 aromatic heterocycles. The van der Waals surface area contributed by atoms with Gasteiger partial charge in [-0.2, -0.15) is 0 Å². The second-order valence-corrected chi connectivity index (χ2v) is 3.30. The molecule has 2 N–H and O–H groups in total. The number of benzene rings is 1. The SMILES string of the molecule is COC(=O)/C=C(\C)NNC(=O)c1ccccc1. The van der Waals surface area contributed by atoms with Crippen LogP contribution in [0.1, 0.15) is 17.3 Å². The monoisotopic (exact) mass is 234 g/mol. The Bertz CT molecular complexity index is 427. The molecule has 1 aromatic carbocycles. The zero-order chi connectivity index (χ0) is 12.7. The molecule has 17 heavy (non-hydrogen) atoms. The first kappa shape index (κ1) is 12.8. The Hall–Kier alpha value is -2.30. The zero-order valence-corrected chi connectivity index (χ0v) is 9.69. The quantitative estimate of drug-likeness (QED) is 0.463. The van der Waals surface area contributed by atoms with Crippen LogP contribution in [0.15, 0.2) is 42.1 Å². The van der Waals surface area contributed by atoms with Crippen LogP contribution in [0.4, 0.5) is 0 Å². The van der Waals surface area contributed by atoms with Crippen LogP contribution in [0.2, 0.25) is 0 Å². The topological polar surface area (TPSA) is 67.4 Å². The van der Waals surface area contributed by atoms with Gasteiger partial charge < -0.3 is 10.2 Å². The summed E-state index contributed by atoms with van der Waals surface area (Å²) in [5, 5.41) is 0. The third-order valence-corrected chi connectivity index (χ3v) is 1.94. The van der Waals surface area contributed by atoms with Gasteiger partial charge in [0.05, 0.1) is 7.11 Å². The van der Waals surface area contributed by atoms with Crippen LogP contribution in [-0.4, -0.2) is 19.0 Å². The van der Waals surface area contributed by atoms with Crippen molar-refractivity contribution in [1.82, 2.24) is 10.9 Å². The summed E-state index contributed by atoms with van der Waals surface area (Å²) in [5.74, 6) is -0.757. The molecule has 0 aliphatic rings. The van der Waals surface area contributed by atoms with Gasteiger partial charge in [-0.15, -0.1) is 0 Å². The Morgan fingerprint density at radius 2 is 1.82 bits per heavy atom. The maximum atomic E-state index is 11.6. The number of allylic oxidation sites excluding steroid dienone is 1. The Kier molecular flexibility index (Phi) is 4.75. The van der Waals surface area contributed by atoms with E-state index in [1.807, 2.05) is 6.07 Å². The van der Waals surface area contributed by atoms with E-state index in [4.69, 9.17) is 0 Å². The van der Waals surface area contributed by atoms with Gasteiger partial charge in [0.25, 0.3) is 5.91 Å². The second-order valence-electron chi connectivity index (χ2n) is 3.30. The zero-order valence-electron chi connectivity index (χ0n) is 9.69. The van der Waals surface area contributed by atoms with Crippen molar-refractivity contribution < 1.29 is 14.3 Å². The van der Waals surface area contributed by atoms with Gasteiger partial charge in [-0.3, -0.25) is 10.2 Å². The Balaban J connectivity index is 2.49. The van der Waals surface area contributed by atoms with E-state index < -0.39 is 5.97 Å². The van der Waals surface area contributed by atoms with Crippen molar-refractivity contribution in [3.05, 3.63) is 47.7 Å². The normalized spacial score (nSPS) is 10.6. The molecular formula is C12H14N2O3. The summed E-state index contributed by atoms with van der Waals surface area (Å²) in [6.45, 7) is 1.64. The first-order valence-electron chi connectivity index (χ1n) is 5.01. The molecule has 0 saturated carbocycles. The molecule has 0 radical (unpaired) electrons. The highest BCUT2D eigenvalue weighted by Crippen LogP contribution is 1.97. The fraction of sp³-hybridized carbons (Fsp3) is 0.167. The fourth-order valence-corrected chi connectivity index (χ4v) is 1.09. The average Bonchev–Trinajstić information content (AvgIpc) is 2.36. The molecule has 0 unspecified atom stereocenters. The molecule has 0 aliphatic carbocycles. The number of hydrogen-bond donors (Lipinski definition) is 2. The molecule has 0 atom stereocenters. The minimum Gasteiger partial charge on any atom is -0.466 e. The number of carbonyl (C=O) groups is 2. The van der Waals surface area contributed by atoms with E-state index in [1.165, 1.54) is 13.2 Å². The van der Waals surface area contributed by atoms with Gasteiger partial charge in [0.2, 0.25) is 0 Å². The molecule has 1 rings (SSSR count). The van der Waals surface area contributed by atoms with Crippen molar-refractivity contribution in [3.8, 4) is 0 Å². The number of hydrogen-bond acceptors (Lipinski definition) is 4. The van der Waals surface area contributed by atoms with E-state index in [1.54, 1.807) is 31.2 Å². The lowest BCUT2D eigenvalue weighted by Gasteiger charge is -2.08. The number of esters is 1. The molecule has 1 aromatic rings. The third kappa shape index (κ3) is 4.38. The lowest BCUT2D eigenvalue weighted by atomic mass is 10.2. The molecule has 0 spiro atoms. The largest absolute Gasteiger partial charge is 0.466 e. The van der Waals surface area contributed by atoms with E-state index in [2.05, 4.69) is 15.6 Å². The molecule has 0 heterocycles. The number of amides is 1. The lowest BCUT2D eigenvalue weighted by molar-refractivity contribution is -0.134. The molecular weight excluding hydrogens is 220 g/mol. The molecule has 0 fully saturated rings. The molecule has 90 valence electrons. The summed E-state index contributed by atoms with van der Waals surface area (Å²) >= 11 is 0. The number of hydrazine groups is 1. The first-order valence-corrected chi connectivity index (χ1v) is 5.01. The fourth-order valence-electron chi connectivity index (χ4n) is 1.09. The summed E-state index contributed by atoms with van der Waals surface area (Å²) in [5.41, 5.74) is 6.09. The Labute approximate surface area is 99.4 Å². The Morgan fingerprint density at radius 3 is 2.41 bits per heavy atom. The van der Waals surface area contributed by atoms with Crippen LogP contribution in [0.3, 0.4) is 0 Å². The summed E-state index contributed by atoms with van der Waals surface area (Å²) in [7, 11) is 1.29. The van der Waals surface area contributed by atoms with Gasteiger partial charge in [-0.25, -0.2) is 4.79 Å². The highest BCUT2D eigenvalue weighted by atomic mass is 16.5. The van der Waals surface area contributed by atoms with Crippen molar-refractivity contribution in [2.75, 3.05) is 7.11 Å². The van der Waals surface area contributed by atoms with Crippen molar-refractivity contribution in [2.24, 2.45) is 0 Å². The summed E-state index contributed by atoms with van der Waals surface area (Å²) < 4.78 is 4.44. The van der Waals surface area contributed by atoms with Gasteiger partial charge in [-0.1, -0.05) is 18.2 Å². The third-order valence-electron chi connectivity index (χ3n) is 1.94. The molecule has 0 saturated heterocycles. The number of ether oxygens (including phenoxy) is 1. The van der Waals surface area contributed by atoms with Crippen LogP contribution in [0, 0.1) is 0 Å². The standard InChI is InChI=1S/C12H14N2O3/c1-9(8-11(15)17-2)13-14-12(16)10-6-4-3-5-7-10/h3-8,13H,1-2H3,(H,14,16)/b9-8+. The van der Waals surface area contributed by atoms with Crippen LogP contribution in [0.5, 0.6) is 0 Å². The number of rotatable bonds is 4. The lowest BCUT2D eigenvalue weighted by Crippen LogP contribution is -2.36. The van der Waals surface area contributed by atoms with E-state index in [-0.39, 0.29) is 5.91 Å². The summed E-state index contributed by atoms with van der Waals surface area (Å²) in [6.07, 6.45) is 1.24. The van der Waals surface area contributed by atoms with E-state index in [0.29, 0.717) is 11.3 Å². The molecule has 1 amide bonds. The summed E-state index contributed by atoms with van der Waals surface area (Å²) in [6, 6.07) is 8.75. The minimum atomic E-state index is -0.482. The van der Waals surface area contributed by atoms with Crippen LogP contribution in [-0.2, 0) is 9.53 Å². The summed E-state index contributed by atoms with van der Waals surface area (Å²) in [4.78, 5) is 22.5. The van der Waals surface area contributed by atoms with E-state index in [9.17, 15) is 9.59 Å². The predicted molar refractivity (Wildman–Crippen MR) is 62.8 cm³/mol. The van der Waals surface area contributed by atoms with E-state index >= 15 is 0 Å². The number of nitrogens with one attached hydrogen (secondary N) is 2. The molecule has 5 nitrogen and oxygen atoms in total. The highest BCUT2D eigenvalue weighted by Gasteiger charge is 2.03. The van der Waals surface area contributed by atoms with Crippen LogP contribution < -0.4 is 10.9 Å². The van der Waals surface area contributed by atoms with Crippen LogP contribution in [0.25, 0.3) is 0 Å². The minimum absolute atomic E-state index is 0.275. The van der Waals surface area contributed by atoms with Crippen molar-refractivity contribution >= 4 is 11.9 Å². The van der Waals surface area contributed by atoms with Crippen molar-refractivity contribution in [1.29, 1.82) is 0 Å². The Morgan fingerprint density at radius 1 is 1.18 bits per heavy atom. The average molecular weight is 234 g/mol. The number of methoxy groups -OCH3 is 1.